The van der Waals surface area contributed by atoms with Crippen molar-refractivity contribution in [3.8, 4) is 11.3 Å². The molecule has 182 valence electrons. The van der Waals surface area contributed by atoms with Crippen LogP contribution in [0, 0.1) is 13.8 Å². The zero-order valence-electron chi connectivity index (χ0n) is 21.2. The summed E-state index contributed by atoms with van der Waals surface area (Å²) in [4.78, 5) is 19.2. The number of rotatable bonds is 5. The molecule has 4 aromatic rings. The number of H-pyrrole nitrogens is 1. The van der Waals surface area contributed by atoms with Gasteiger partial charge in [-0.3, -0.25) is 4.90 Å². The maximum Gasteiger partial charge on any atom is 0.188 e. The average molecular weight is 482 g/mol. The summed E-state index contributed by atoms with van der Waals surface area (Å²) in [6, 6.07) is 0.341. The molecule has 34 heavy (non-hydrogen) atoms. The molecular formula is C25H35N7OS. The van der Waals surface area contributed by atoms with Crippen molar-refractivity contribution in [2.45, 2.75) is 66.0 Å². The van der Waals surface area contributed by atoms with Crippen LogP contribution in [0.15, 0.2) is 12.5 Å². The lowest BCUT2D eigenvalue weighted by molar-refractivity contribution is 0.0308. The molecule has 0 aromatic carbocycles. The minimum Gasteiger partial charge on any atom is -0.389 e. The lowest BCUT2D eigenvalue weighted by Gasteiger charge is -2.41. The van der Waals surface area contributed by atoms with Crippen molar-refractivity contribution in [1.29, 1.82) is 0 Å². The first kappa shape index (κ1) is 23.3. The van der Waals surface area contributed by atoms with Crippen LogP contribution in [0.5, 0.6) is 0 Å². The second kappa shape index (κ2) is 8.32. The van der Waals surface area contributed by atoms with Gasteiger partial charge in [-0.1, -0.05) is 25.2 Å². The van der Waals surface area contributed by atoms with E-state index in [0.29, 0.717) is 18.5 Å². The minimum absolute atomic E-state index is 0.325. The maximum atomic E-state index is 10.2. The predicted octanol–water partition coefficient (Wildman–Crippen LogP) is 4.36. The molecule has 0 aliphatic carbocycles. The smallest absolute Gasteiger partial charge is 0.188 e. The zero-order chi connectivity index (χ0) is 24.4. The lowest BCUT2D eigenvalue weighted by Crippen LogP contribution is -2.54. The molecule has 1 fully saturated rings. The van der Waals surface area contributed by atoms with Gasteiger partial charge in [-0.2, -0.15) is 5.10 Å². The van der Waals surface area contributed by atoms with Gasteiger partial charge in [0, 0.05) is 49.5 Å². The van der Waals surface area contributed by atoms with Gasteiger partial charge in [0.05, 0.1) is 11.3 Å². The van der Waals surface area contributed by atoms with Crippen LogP contribution in [0.2, 0.25) is 0 Å². The standard InChI is InChI=1S/C25H35N7OS/c1-14(2)19-20(18-11-32-22(26-13-27-32)17(5)16(18)4)28-23-21(19)29-24(34-23)31-9-8-30(10-15(31)3)12-25(6,7)33/h11,13-15,28,33H,8-10,12H2,1-7H3. The number of fused-ring (bicyclic) bond motifs is 2. The molecule has 5 rings (SSSR count). The van der Waals surface area contributed by atoms with E-state index in [2.05, 4.69) is 65.7 Å². The third-order valence-corrected chi connectivity index (χ3v) is 7.93. The zero-order valence-corrected chi connectivity index (χ0v) is 22.0. The molecule has 0 bridgehead atoms. The third kappa shape index (κ3) is 3.99. The van der Waals surface area contributed by atoms with Crippen molar-refractivity contribution < 1.29 is 5.11 Å². The van der Waals surface area contributed by atoms with Gasteiger partial charge >= 0.3 is 0 Å². The third-order valence-electron chi connectivity index (χ3n) is 6.92. The van der Waals surface area contributed by atoms with Crippen LogP contribution in [-0.2, 0) is 0 Å². The molecule has 0 saturated carbocycles. The number of anilines is 1. The summed E-state index contributed by atoms with van der Waals surface area (Å²) in [5.74, 6) is 0.325. The fraction of sp³-hybridized carbons (Fsp3) is 0.560. The molecule has 1 unspecified atom stereocenters. The number of piperazine rings is 1. The molecule has 5 heterocycles. The molecular weight excluding hydrogens is 446 g/mol. The quantitative estimate of drug-likeness (QED) is 0.441. The van der Waals surface area contributed by atoms with Crippen LogP contribution >= 0.6 is 11.3 Å². The van der Waals surface area contributed by atoms with Crippen LogP contribution in [0.1, 0.15) is 57.2 Å². The number of aliphatic hydroxyl groups is 1. The van der Waals surface area contributed by atoms with E-state index >= 15 is 0 Å². The Kier molecular flexibility index (Phi) is 5.69. The van der Waals surface area contributed by atoms with Gasteiger partial charge < -0.3 is 15.0 Å². The number of hydrogen-bond donors (Lipinski definition) is 2. The first-order valence-corrected chi connectivity index (χ1v) is 12.9. The molecule has 2 N–H and O–H groups in total. The summed E-state index contributed by atoms with van der Waals surface area (Å²) >= 11 is 1.74. The highest BCUT2D eigenvalue weighted by Crippen LogP contribution is 2.41. The summed E-state index contributed by atoms with van der Waals surface area (Å²) in [7, 11) is 0. The summed E-state index contributed by atoms with van der Waals surface area (Å²) in [5.41, 5.74) is 7.21. The van der Waals surface area contributed by atoms with E-state index in [1.807, 2.05) is 18.4 Å². The van der Waals surface area contributed by atoms with E-state index in [1.54, 1.807) is 17.7 Å². The Hall–Kier alpha value is -2.49. The number of hydrogen-bond acceptors (Lipinski definition) is 7. The minimum atomic E-state index is -0.673. The fourth-order valence-electron chi connectivity index (χ4n) is 5.23. The van der Waals surface area contributed by atoms with Crippen molar-refractivity contribution >= 4 is 32.5 Å². The number of aromatic nitrogens is 5. The van der Waals surface area contributed by atoms with Gasteiger partial charge in [0.25, 0.3) is 0 Å². The van der Waals surface area contributed by atoms with E-state index < -0.39 is 5.60 Å². The summed E-state index contributed by atoms with van der Waals surface area (Å²) < 4.78 is 1.87. The Morgan fingerprint density at radius 1 is 1.24 bits per heavy atom. The molecule has 1 atom stereocenters. The van der Waals surface area contributed by atoms with E-state index in [4.69, 9.17) is 4.98 Å². The van der Waals surface area contributed by atoms with Crippen LogP contribution < -0.4 is 4.90 Å². The first-order chi connectivity index (χ1) is 16.0. The average Bonchev–Trinajstić information content (AvgIpc) is 3.43. The Morgan fingerprint density at radius 3 is 2.68 bits per heavy atom. The first-order valence-electron chi connectivity index (χ1n) is 12.1. The van der Waals surface area contributed by atoms with E-state index in [9.17, 15) is 5.11 Å². The molecule has 9 heteroatoms. The molecule has 1 aliphatic rings. The van der Waals surface area contributed by atoms with Crippen LogP contribution in [0.3, 0.4) is 0 Å². The second-order valence-corrected chi connectivity index (χ2v) is 11.6. The number of aromatic amines is 1. The SMILES string of the molecule is Cc1c(-c2[nH]c3sc(N4CCN(CC(C)(C)O)CC4C)nc3c2C(C)C)cn2ncnc2c1C. The number of aryl methyl sites for hydroxylation is 1. The Balaban J connectivity index is 1.51. The monoisotopic (exact) mass is 481 g/mol. The van der Waals surface area contributed by atoms with Crippen LogP contribution in [0.25, 0.3) is 27.3 Å². The lowest BCUT2D eigenvalue weighted by atomic mass is 9.96. The topological polar surface area (TPSA) is 85.6 Å². The molecule has 0 amide bonds. The van der Waals surface area contributed by atoms with Crippen molar-refractivity contribution in [2.24, 2.45) is 0 Å². The number of nitrogens with one attached hydrogen (secondary N) is 1. The summed E-state index contributed by atoms with van der Waals surface area (Å²) in [6.07, 6.45) is 3.69. The normalized spacial score (nSPS) is 18.1. The van der Waals surface area contributed by atoms with Crippen molar-refractivity contribution in [2.75, 3.05) is 31.1 Å². The number of β-amino-alcohol motifs (C(OH)–C–C–N with tert-alkyl or cyclic N) is 1. The maximum absolute atomic E-state index is 10.2. The van der Waals surface area contributed by atoms with E-state index in [1.165, 1.54) is 11.1 Å². The van der Waals surface area contributed by atoms with Gasteiger partial charge in [-0.05, 0) is 51.7 Å². The molecule has 1 aliphatic heterocycles. The molecule has 4 aromatic heterocycles. The van der Waals surface area contributed by atoms with Gasteiger partial charge in [0.1, 0.15) is 16.7 Å². The van der Waals surface area contributed by atoms with E-state index in [-0.39, 0.29) is 0 Å². The van der Waals surface area contributed by atoms with Gasteiger partial charge in [-0.15, -0.1) is 0 Å². The van der Waals surface area contributed by atoms with Gasteiger partial charge in [0.2, 0.25) is 0 Å². The number of pyridine rings is 1. The molecule has 0 radical (unpaired) electrons. The second-order valence-electron chi connectivity index (χ2n) is 10.7. The fourth-order valence-corrected chi connectivity index (χ4v) is 6.35. The molecule has 1 saturated heterocycles. The highest BCUT2D eigenvalue weighted by atomic mass is 32.1. The van der Waals surface area contributed by atoms with Gasteiger partial charge in [-0.25, -0.2) is 14.5 Å². The number of thiazole rings is 1. The summed E-state index contributed by atoms with van der Waals surface area (Å²) in [5, 5.41) is 15.7. The Labute approximate surface area is 204 Å². The van der Waals surface area contributed by atoms with Crippen LogP contribution in [-0.4, -0.2) is 72.4 Å². The van der Waals surface area contributed by atoms with E-state index in [0.717, 1.165) is 57.6 Å². The highest BCUT2D eigenvalue weighted by molar-refractivity contribution is 7.21. The Morgan fingerprint density at radius 2 is 2.00 bits per heavy atom. The number of nitrogens with zero attached hydrogens (tertiary/aromatic N) is 6. The van der Waals surface area contributed by atoms with Gasteiger partial charge in [0.15, 0.2) is 10.8 Å². The largest absolute Gasteiger partial charge is 0.389 e. The predicted molar refractivity (Wildman–Crippen MR) is 139 cm³/mol. The summed E-state index contributed by atoms with van der Waals surface area (Å²) in [6.45, 7) is 18.2. The van der Waals surface area contributed by atoms with Crippen molar-refractivity contribution in [3.63, 3.8) is 0 Å². The van der Waals surface area contributed by atoms with Crippen LogP contribution in [0.4, 0.5) is 5.13 Å². The van der Waals surface area contributed by atoms with Crippen molar-refractivity contribution in [3.05, 3.63) is 29.2 Å². The highest BCUT2D eigenvalue weighted by Gasteiger charge is 2.30. The van der Waals surface area contributed by atoms with Crippen molar-refractivity contribution in [1.82, 2.24) is 29.5 Å². The molecule has 0 spiro atoms. The molecule has 8 nitrogen and oxygen atoms in total. The Bertz CT molecular complexity index is 1340.